The lowest BCUT2D eigenvalue weighted by atomic mass is 10.4. The number of carbonyl (C=O) groups excluding carboxylic acids is 1. The summed E-state index contributed by atoms with van der Waals surface area (Å²) in [5.41, 5.74) is 0.451. The first kappa shape index (κ1) is 18.8. The molecule has 0 unspecified atom stereocenters. The van der Waals surface area contributed by atoms with E-state index in [2.05, 4.69) is 11.3 Å². The van der Waals surface area contributed by atoms with Crippen LogP contribution >= 0.6 is 0 Å². The van der Waals surface area contributed by atoms with E-state index in [0.717, 1.165) is 0 Å². The fourth-order valence-electron chi connectivity index (χ4n) is 0.254. The van der Waals surface area contributed by atoms with E-state index in [4.69, 9.17) is 17.5 Å². The third-order valence-corrected chi connectivity index (χ3v) is 0.624. The van der Waals surface area contributed by atoms with Crippen molar-refractivity contribution in [2.75, 3.05) is 6.61 Å². The largest absolute Gasteiger partial charge is 0.463 e. The first-order valence-electron chi connectivity index (χ1n) is 3.21. The fourth-order valence-corrected chi connectivity index (χ4v) is 0.254. The minimum Gasteiger partial charge on any atom is -0.463 e. The second-order valence-corrected chi connectivity index (χ2v) is 2.84. The first-order chi connectivity index (χ1) is 5.68. The normalized spacial score (nSPS) is 8.86. The molecule has 8 heteroatoms. The summed E-state index contributed by atoms with van der Waals surface area (Å²) in [6, 6.07) is 0. The van der Waals surface area contributed by atoms with E-state index >= 15 is 0 Å². The second kappa shape index (κ2) is 8.63. The summed E-state index contributed by atoms with van der Waals surface area (Å²) in [6.45, 7) is 7.21. The Balaban J connectivity index is -0.000000177. The highest BCUT2D eigenvalue weighted by atomic mass is 32.3. The summed E-state index contributed by atoms with van der Waals surface area (Å²) >= 11 is 0. The van der Waals surface area contributed by atoms with Gasteiger partial charge in [0.1, 0.15) is 0 Å². The Morgan fingerprint density at radius 1 is 1.43 bits per heavy atom. The summed E-state index contributed by atoms with van der Waals surface area (Å²) in [5, 5.41) is 0. The molecule has 14 heavy (non-hydrogen) atoms. The van der Waals surface area contributed by atoms with Gasteiger partial charge in [-0.1, -0.05) is 6.58 Å². The van der Waals surface area contributed by atoms with Gasteiger partial charge in [-0.05, 0) is 13.8 Å². The standard InChI is InChI=1S/C6H10O2.H3N.H2O4S/c1-4-8-6(7)5(2)3;;1-5(2,3)4/h2,4H2,1,3H3;1H3;(H2,1,2,3,4). The Morgan fingerprint density at radius 2 is 1.71 bits per heavy atom. The zero-order valence-electron chi connectivity index (χ0n) is 8.06. The number of rotatable bonds is 2. The Bertz CT molecular complexity index is 262. The number of hydrogen-bond donors (Lipinski definition) is 3. The molecule has 0 bridgehead atoms. The van der Waals surface area contributed by atoms with Crippen LogP contribution in [0.15, 0.2) is 12.2 Å². The lowest BCUT2D eigenvalue weighted by Gasteiger charge is -1.96. The summed E-state index contributed by atoms with van der Waals surface area (Å²) in [7, 11) is -4.67. The number of esters is 1. The lowest BCUT2D eigenvalue weighted by Crippen LogP contribution is -2.03. The molecule has 0 saturated carbocycles. The van der Waals surface area contributed by atoms with Crippen LogP contribution in [0.1, 0.15) is 13.8 Å². The van der Waals surface area contributed by atoms with Gasteiger partial charge in [0.15, 0.2) is 0 Å². The maximum absolute atomic E-state index is 10.4. The maximum atomic E-state index is 10.4. The number of carbonyl (C=O) groups is 1. The third kappa shape index (κ3) is 30.5. The van der Waals surface area contributed by atoms with Crippen molar-refractivity contribution < 1.29 is 27.1 Å². The van der Waals surface area contributed by atoms with E-state index in [1.54, 1.807) is 13.8 Å². The monoisotopic (exact) mass is 229 g/mol. The molecule has 0 radical (unpaired) electrons. The van der Waals surface area contributed by atoms with Gasteiger partial charge >= 0.3 is 16.4 Å². The first-order valence-corrected chi connectivity index (χ1v) is 4.60. The Morgan fingerprint density at radius 3 is 1.79 bits per heavy atom. The van der Waals surface area contributed by atoms with Gasteiger partial charge in [-0.25, -0.2) is 4.79 Å². The molecule has 0 saturated heterocycles. The van der Waals surface area contributed by atoms with Gasteiger partial charge in [-0.3, -0.25) is 9.11 Å². The molecule has 0 aromatic rings. The molecule has 0 atom stereocenters. The topological polar surface area (TPSA) is 136 Å². The molecule has 0 aliphatic carbocycles. The molecule has 0 aliphatic rings. The van der Waals surface area contributed by atoms with E-state index in [9.17, 15) is 4.79 Å². The van der Waals surface area contributed by atoms with Crippen molar-refractivity contribution in [3.8, 4) is 0 Å². The fraction of sp³-hybridized carbons (Fsp3) is 0.500. The number of ether oxygens (including phenoxy) is 1. The van der Waals surface area contributed by atoms with Crippen molar-refractivity contribution in [3.63, 3.8) is 0 Å². The molecule has 0 rings (SSSR count). The van der Waals surface area contributed by atoms with Crippen molar-refractivity contribution in [2.45, 2.75) is 13.8 Å². The predicted octanol–water partition coefficient (Wildman–Crippen LogP) is 0.635. The molecule has 0 aliphatic heterocycles. The molecule has 0 fully saturated rings. The lowest BCUT2D eigenvalue weighted by molar-refractivity contribution is -0.138. The highest BCUT2D eigenvalue weighted by molar-refractivity contribution is 7.79. The average molecular weight is 229 g/mol. The maximum Gasteiger partial charge on any atom is 0.394 e. The minimum absolute atomic E-state index is 0. The highest BCUT2D eigenvalue weighted by Gasteiger charge is 1.98. The van der Waals surface area contributed by atoms with E-state index in [0.29, 0.717) is 12.2 Å². The average Bonchev–Trinajstić information content (AvgIpc) is 1.84. The molecular formula is C6H15NO6S. The van der Waals surface area contributed by atoms with Crippen molar-refractivity contribution in [3.05, 3.63) is 12.2 Å². The van der Waals surface area contributed by atoms with Crippen LogP contribution in [0, 0.1) is 0 Å². The van der Waals surface area contributed by atoms with E-state index in [-0.39, 0.29) is 12.1 Å². The summed E-state index contributed by atoms with van der Waals surface area (Å²) in [4.78, 5) is 10.4. The molecular weight excluding hydrogens is 214 g/mol. The minimum atomic E-state index is -4.67. The SMILES string of the molecule is C=C(C)C(=O)OCC.N.O=S(=O)(O)O. The van der Waals surface area contributed by atoms with Gasteiger partial charge in [0, 0.05) is 5.57 Å². The number of hydrogen-bond acceptors (Lipinski definition) is 5. The molecule has 86 valence electrons. The van der Waals surface area contributed by atoms with Crippen LogP contribution in [0.2, 0.25) is 0 Å². The summed E-state index contributed by atoms with van der Waals surface area (Å²) in [6.07, 6.45) is 0. The predicted molar refractivity (Wildman–Crippen MR) is 50.6 cm³/mol. The van der Waals surface area contributed by atoms with Gasteiger partial charge in [0.25, 0.3) is 0 Å². The van der Waals surface area contributed by atoms with Crippen LogP contribution in [0.4, 0.5) is 0 Å². The highest BCUT2D eigenvalue weighted by Crippen LogP contribution is 1.89. The van der Waals surface area contributed by atoms with Crippen LogP contribution in [0.5, 0.6) is 0 Å². The van der Waals surface area contributed by atoms with Gasteiger partial charge in [0.2, 0.25) is 0 Å². The Labute approximate surface area is 82.9 Å². The summed E-state index contributed by atoms with van der Waals surface area (Å²) in [5.74, 6) is -0.312. The molecule has 0 heterocycles. The van der Waals surface area contributed by atoms with Gasteiger partial charge < -0.3 is 10.9 Å². The van der Waals surface area contributed by atoms with Crippen molar-refractivity contribution in [2.24, 2.45) is 0 Å². The second-order valence-electron chi connectivity index (χ2n) is 1.95. The van der Waals surface area contributed by atoms with Gasteiger partial charge in [-0.15, -0.1) is 0 Å². The third-order valence-electron chi connectivity index (χ3n) is 0.624. The molecule has 0 spiro atoms. The zero-order valence-corrected chi connectivity index (χ0v) is 8.87. The molecule has 0 amide bonds. The Kier molecular flexibility index (Phi) is 11.6. The Hall–Kier alpha value is -0.960. The molecule has 5 N–H and O–H groups in total. The van der Waals surface area contributed by atoms with Crippen LogP contribution < -0.4 is 6.15 Å². The molecule has 0 aromatic carbocycles. The van der Waals surface area contributed by atoms with Crippen LogP contribution in [0.25, 0.3) is 0 Å². The van der Waals surface area contributed by atoms with E-state index < -0.39 is 10.4 Å². The van der Waals surface area contributed by atoms with Crippen LogP contribution in [0.3, 0.4) is 0 Å². The summed E-state index contributed by atoms with van der Waals surface area (Å²) < 4.78 is 36.1. The molecule has 7 nitrogen and oxygen atoms in total. The van der Waals surface area contributed by atoms with Gasteiger partial charge in [-0.2, -0.15) is 8.42 Å². The zero-order chi connectivity index (χ0) is 11.1. The van der Waals surface area contributed by atoms with Crippen molar-refractivity contribution >= 4 is 16.4 Å². The van der Waals surface area contributed by atoms with Crippen molar-refractivity contribution in [1.82, 2.24) is 6.15 Å². The smallest absolute Gasteiger partial charge is 0.394 e. The molecule has 0 aromatic heterocycles. The van der Waals surface area contributed by atoms with Crippen LogP contribution in [-0.2, 0) is 19.9 Å². The van der Waals surface area contributed by atoms with E-state index in [1.165, 1.54) is 0 Å². The van der Waals surface area contributed by atoms with Gasteiger partial charge in [0.05, 0.1) is 6.61 Å². The van der Waals surface area contributed by atoms with Crippen molar-refractivity contribution in [1.29, 1.82) is 0 Å². The quantitative estimate of drug-likeness (QED) is 0.359. The van der Waals surface area contributed by atoms with Crippen LogP contribution in [-0.4, -0.2) is 30.1 Å². The van der Waals surface area contributed by atoms with E-state index in [1.807, 2.05) is 0 Å².